The zero-order valence-electron chi connectivity index (χ0n) is 13.4. The monoisotopic (exact) mass is 340 g/mol. The fourth-order valence-electron chi connectivity index (χ4n) is 3.19. The van der Waals surface area contributed by atoms with Crippen LogP contribution in [0, 0.1) is 6.92 Å². The van der Waals surface area contributed by atoms with Crippen LogP contribution in [0.3, 0.4) is 0 Å². The van der Waals surface area contributed by atoms with Crippen molar-refractivity contribution in [3.05, 3.63) is 29.8 Å². The van der Waals surface area contributed by atoms with Crippen molar-refractivity contribution in [1.82, 2.24) is 9.21 Å². The lowest BCUT2D eigenvalue weighted by Gasteiger charge is -2.33. The van der Waals surface area contributed by atoms with Crippen LogP contribution >= 0.6 is 0 Å². The first kappa shape index (κ1) is 16.9. The van der Waals surface area contributed by atoms with E-state index in [4.69, 9.17) is 4.74 Å². The second kappa shape index (κ2) is 6.49. The first-order chi connectivity index (χ1) is 10.9. The average molecular weight is 340 g/mol. The summed E-state index contributed by atoms with van der Waals surface area (Å²) >= 11 is 0. The standard InChI is InChI=1S/C16H24N2O4S/c1-14-2-4-15(5-3-14)23(20,21)18-7-6-16(19,13-18)12-17-8-10-22-11-9-17/h2-5,19H,6-13H2,1H3/t16-/m0/s1. The van der Waals surface area contributed by atoms with E-state index in [1.54, 1.807) is 24.3 Å². The molecule has 2 saturated heterocycles. The van der Waals surface area contributed by atoms with E-state index in [1.807, 2.05) is 6.92 Å². The summed E-state index contributed by atoms with van der Waals surface area (Å²) in [4.78, 5) is 2.43. The Morgan fingerprint density at radius 3 is 2.48 bits per heavy atom. The Bertz CT molecular complexity index is 641. The molecule has 0 amide bonds. The largest absolute Gasteiger partial charge is 0.387 e. The Balaban J connectivity index is 1.69. The molecule has 1 N–H and O–H groups in total. The van der Waals surface area contributed by atoms with Gasteiger partial charge in [-0.2, -0.15) is 4.31 Å². The number of morpholine rings is 1. The molecule has 0 spiro atoms. The molecule has 0 aliphatic carbocycles. The number of ether oxygens (including phenoxy) is 1. The van der Waals surface area contributed by atoms with Gasteiger partial charge < -0.3 is 9.84 Å². The summed E-state index contributed by atoms with van der Waals surface area (Å²) in [6, 6.07) is 6.85. The minimum absolute atomic E-state index is 0.153. The van der Waals surface area contributed by atoms with Crippen LogP contribution in [0.5, 0.6) is 0 Å². The van der Waals surface area contributed by atoms with Gasteiger partial charge in [0.2, 0.25) is 10.0 Å². The van der Waals surface area contributed by atoms with E-state index in [1.165, 1.54) is 4.31 Å². The summed E-state index contributed by atoms with van der Waals surface area (Å²) in [5, 5.41) is 10.8. The van der Waals surface area contributed by atoms with E-state index < -0.39 is 15.6 Å². The van der Waals surface area contributed by atoms with Crippen molar-refractivity contribution in [2.75, 3.05) is 45.9 Å². The summed E-state index contributed by atoms with van der Waals surface area (Å²) in [6.07, 6.45) is 0.468. The summed E-state index contributed by atoms with van der Waals surface area (Å²) < 4.78 is 32.1. The van der Waals surface area contributed by atoms with E-state index in [-0.39, 0.29) is 6.54 Å². The summed E-state index contributed by atoms with van der Waals surface area (Å²) in [6.45, 7) is 5.84. The molecular weight excluding hydrogens is 316 g/mol. The molecule has 23 heavy (non-hydrogen) atoms. The van der Waals surface area contributed by atoms with E-state index >= 15 is 0 Å². The van der Waals surface area contributed by atoms with Gasteiger partial charge in [-0.3, -0.25) is 4.90 Å². The number of benzene rings is 1. The third kappa shape index (κ3) is 3.75. The Morgan fingerprint density at radius 1 is 1.17 bits per heavy atom. The maximum Gasteiger partial charge on any atom is 0.243 e. The molecule has 2 aliphatic rings. The zero-order chi connectivity index (χ0) is 16.5. The van der Waals surface area contributed by atoms with Crippen molar-refractivity contribution < 1.29 is 18.3 Å². The molecule has 0 unspecified atom stereocenters. The first-order valence-corrected chi connectivity index (χ1v) is 9.42. The number of nitrogens with zero attached hydrogens (tertiary/aromatic N) is 2. The van der Waals surface area contributed by atoms with Crippen LogP contribution < -0.4 is 0 Å². The van der Waals surface area contributed by atoms with E-state index in [0.717, 1.165) is 18.7 Å². The third-order valence-corrected chi connectivity index (χ3v) is 6.44. The SMILES string of the molecule is Cc1ccc(S(=O)(=O)N2CC[C@](O)(CN3CCOCC3)C2)cc1. The van der Waals surface area contributed by atoms with Gasteiger partial charge in [0.1, 0.15) is 0 Å². The van der Waals surface area contributed by atoms with Gasteiger partial charge in [0.25, 0.3) is 0 Å². The highest BCUT2D eigenvalue weighted by molar-refractivity contribution is 7.89. The van der Waals surface area contributed by atoms with Crippen LogP contribution in [0.4, 0.5) is 0 Å². The number of rotatable bonds is 4. The van der Waals surface area contributed by atoms with Gasteiger partial charge in [0, 0.05) is 32.7 Å². The number of hydrogen-bond acceptors (Lipinski definition) is 5. The molecule has 2 aliphatic heterocycles. The molecule has 2 heterocycles. The molecule has 1 atom stereocenters. The predicted molar refractivity (Wildman–Crippen MR) is 86.8 cm³/mol. The summed E-state index contributed by atoms with van der Waals surface area (Å²) in [5.74, 6) is 0. The van der Waals surface area contributed by atoms with Gasteiger partial charge in [0.05, 0.1) is 23.7 Å². The maximum atomic E-state index is 12.7. The predicted octanol–water partition coefficient (Wildman–Crippen LogP) is 0.453. The summed E-state index contributed by atoms with van der Waals surface area (Å²) in [5.41, 5.74) is 0.0453. The summed E-state index contributed by atoms with van der Waals surface area (Å²) in [7, 11) is -3.54. The second-order valence-electron chi connectivity index (χ2n) is 6.51. The van der Waals surface area contributed by atoms with Crippen molar-refractivity contribution >= 4 is 10.0 Å². The van der Waals surface area contributed by atoms with Crippen LogP contribution in [0.2, 0.25) is 0 Å². The van der Waals surface area contributed by atoms with Crippen LogP contribution in [0.15, 0.2) is 29.2 Å². The Kier molecular flexibility index (Phi) is 4.75. The lowest BCUT2D eigenvalue weighted by molar-refractivity contribution is -0.0239. The molecule has 128 valence electrons. The number of hydrogen-bond donors (Lipinski definition) is 1. The normalized spacial score (nSPS) is 27.4. The van der Waals surface area contributed by atoms with Crippen molar-refractivity contribution in [2.24, 2.45) is 0 Å². The molecular formula is C16H24N2O4S. The van der Waals surface area contributed by atoms with E-state index in [0.29, 0.717) is 37.6 Å². The molecule has 0 saturated carbocycles. The maximum absolute atomic E-state index is 12.7. The van der Waals surface area contributed by atoms with Gasteiger partial charge in [-0.1, -0.05) is 17.7 Å². The molecule has 7 heteroatoms. The third-order valence-electron chi connectivity index (χ3n) is 4.58. The second-order valence-corrected chi connectivity index (χ2v) is 8.45. The Hall–Kier alpha value is -0.990. The average Bonchev–Trinajstić information content (AvgIpc) is 2.91. The first-order valence-electron chi connectivity index (χ1n) is 7.98. The van der Waals surface area contributed by atoms with Gasteiger partial charge in [-0.15, -0.1) is 0 Å². The molecule has 0 aromatic heterocycles. The highest BCUT2D eigenvalue weighted by Gasteiger charge is 2.42. The molecule has 0 radical (unpaired) electrons. The molecule has 2 fully saturated rings. The number of aliphatic hydroxyl groups is 1. The van der Waals surface area contributed by atoms with Crippen LogP contribution in [-0.2, 0) is 14.8 Å². The van der Waals surface area contributed by atoms with Crippen molar-refractivity contribution in [1.29, 1.82) is 0 Å². The quantitative estimate of drug-likeness (QED) is 0.862. The molecule has 6 nitrogen and oxygen atoms in total. The number of aryl methyl sites for hydroxylation is 1. The Morgan fingerprint density at radius 2 is 1.83 bits per heavy atom. The number of sulfonamides is 1. The van der Waals surface area contributed by atoms with Gasteiger partial charge in [-0.05, 0) is 25.5 Å². The molecule has 3 rings (SSSR count). The topological polar surface area (TPSA) is 70.1 Å². The van der Waals surface area contributed by atoms with Gasteiger partial charge in [0.15, 0.2) is 0 Å². The fourth-order valence-corrected chi connectivity index (χ4v) is 4.71. The van der Waals surface area contributed by atoms with Crippen LogP contribution in [0.25, 0.3) is 0 Å². The van der Waals surface area contributed by atoms with Gasteiger partial charge >= 0.3 is 0 Å². The van der Waals surface area contributed by atoms with E-state index in [2.05, 4.69) is 4.90 Å². The molecule has 0 bridgehead atoms. The lowest BCUT2D eigenvalue weighted by Crippen LogP contribution is -2.49. The molecule has 1 aromatic carbocycles. The van der Waals surface area contributed by atoms with Crippen molar-refractivity contribution in [3.8, 4) is 0 Å². The fraction of sp³-hybridized carbons (Fsp3) is 0.625. The van der Waals surface area contributed by atoms with Gasteiger partial charge in [-0.25, -0.2) is 8.42 Å². The smallest absolute Gasteiger partial charge is 0.243 e. The number of β-amino-alcohol motifs (C(OH)–C–C–N with tert-alkyl or cyclic N) is 1. The van der Waals surface area contributed by atoms with E-state index in [9.17, 15) is 13.5 Å². The van der Waals surface area contributed by atoms with Crippen molar-refractivity contribution in [3.63, 3.8) is 0 Å². The Labute approximate surface area is 137 Å². The minimum Gasteiger partial charge on any atom is -0.387 e. The van der Waals surface area contributed by atoms with Crippen LogP contribution in [-0.4, -0.2) is 74.3 Å². The highest BCUT2D eigenvalue weighted by Crippen LogP contribution is 2.28. The minimum atomic E-state index is -3.54. The zero-order valence-corrected chi connectivity index (χ0v) is 14.3. The van der Waals surface area contributed by atoms with Crippen molar-refractivity contribution in [2.45, 2.75) is 23.8 Å². The lowest BCUT2D eigenvalue weighted by atomic mass is 10.0. The molecule has 1 aromatic rings. The highest BCUT2D eigenvalue weighted by atomic mass is 32.2. The van der Waals surface area contributed by atoms with Crippen LogP contribution in [0.1, 0.15) is 12.0 Å².